The molecule has 0 aliphatic rings. The van der Waals surface area contributed by atoms with E-state index < -0.39 is 35.7 Å². The maximum atomic E-state index is 13.8. The van der Waals surface area contributed by atoms with Crippen molar-refractivity contribution in [3.05, 3.63) is 70.2 Å². The van der Waals surface area contributed by atoms with E-state index in [4.69, 9.17) is 0 Å². The predicted molar refractivity (Wildman–Crippen MR) is 96.2 cm³/mol. The minimum Gasteiger partial charge on any atom is -0.374 e. The van der Waals surface area contributed by atoms with Crippen molar-refractivity contribution in [3.8, 4) is 0 Å². The van der Waals surface area contributed by atoms with Crippen molar-refractivity contribution in [2.45, 2.75) is 24.7 Å². The van der Waals surface area contributed by atoms with E-state index in [0.29, 0.717) is 5.56 Å². The number of alkyl halides is 3. The zero-order valence-corrected chi connectivity index (χ0v) is 15.9. The number of carbonyl (C=O) groups excluding carboxylic acids is 1. The smallest absolute Gasteiger partial charge is 0.374 e. The molecule has 29 heavy (non-hydrogen) atoms. The summed E-state index contributed by atoms with van der Waals surface area (Å²) in [5.41, 5.74) is -3.15. The number of hydrogen-bond donors (Lipinski definition) is 1. The Morgan fingerprint density at radius 2 is 2.00 bits per heavy atom. The lowest BCUT2D eigenvalue weighted by molar-refractivity contribution is -0.270. The number of aryl methyl sites for hydroxylation is 1. The maximum absolute atomic E-state index is 13.8. The average Bonchev–Trinajstić information content (AvgIpc) is 3.25. The monoisotopic (exact) mass is 428 g/mol. The van der Waals surface area contributed by atoms with E-state index in [9.17, 15) is 27.5 Å². The fourth-order valence-corrected chi connectivity index (χ4v) is 3.50. The van der Waals surface area contributed by atoms with Gasteiger partial charge >= 0.3 is 6.18 Å². The number of amides is 1. The Labute approximate surface area is 166 Å². The van der Waals surface area contributed by atoms with Crippen molar-refractivity contribution >= 4 is 17.2 Å². The zero-order valence-electron chi connectivity index (χ0n) is 15.1. The van der Waals surface area contributed by atoms with Crippen LogP contribution in [0.1, 0.15) is 17.8 Å². The number of rotatable bonds is 5. The molecule has 0 saturated carbocycles. The van der Waals surface area contributed by atoms with Crippen LogP contribution in [0, 0.1) is 5.82 Å². The van der Waals surface area contributed by atoms with Gasteiger partial charge in [0.25, 0.3) is 5.91 Å². The lowest BCUT2D eigenvalue weighted by Gasteiger charge is -2.28. The minimum absolute atomic E-state index is 0.0468. The minimum atomic E-state index is -5.14. The van der Waals surface area contributed by atoms with Crippen LogP contribution in [0.4, 0.5) is 17.6 Å². The fourth-order valence-electron chi connectivity index (χ4n) is 2.75. The van der Waals surface area contributed by atoms with Crippen LogP contribution in [0.3, 0.4) is 0 Å². The molecule has 0 aliphatic carbocycles. The van der Waals surface area contributed by atoms with E-state index in [1.807, 2.05) is 0 Å². The molecule has 0 fully saturated rings. The van der Waals surface area contributed by atoms with Crippen LogP contribution >= 0.6 is 11.3 Å². The summed E-state index contributed by atoms with van der Waals surface area (Å²) in [6.45, 7) is 0.0468. The van der Waals surface area contributed by atoms with Crippen molar-refractivity contribution < 1.29 is 27.5 Å². The number of halogens is 4. The van der Waals surface area contributed by atoms with Gasteiger partial charge in [-0.15, -0.1) is 11.3 Å². The van der Waals surface area contributed by atoms with Crippen molar-refractivity contribution in [2.24, 2.45) is 12.0 Å². The highest BCUT2D eigenvalue weighted by Gasteiger charge is 2.58. The largest absolute Gasteiger partial charge is 0.425 e. The molecule has 1 aromatic carbocycles. The summed E-state index contributed by atoms with van der Waals surface area (Å²) in [6, 6.07) is 6.00. The van der Waals surface area contributed by atoms with Gasteiger partial charge in [0.2, 0.25) is 5.60 Å². The number of thiazole rings is 1. The van der Waals surface area contributed by atoms with Gasteiger partial charge in [0.15, 0.2) is 10.6 Å². The first kappa shape index (κ1) is 20.9. The second-order valence-corrected chi connectivity index (χ2v) is 7.18. The van der Waals surface area contributed by atoms with Crippen molar-refractivity contribution in [1.82, 2.24) is 14.1 Å². The SMILES string of the molecule is Cn1ccnc1C(O)(CC(=O)N=c1sccn1Cc1ccccc1F)C(F)(F)F. The molecular weight excluding hydrogens is 412 g/mol. The van der Waals surface area contributed by atoms with Crippen LogP contribution in [0.25, 0.3) is 0 Å². The normalized spacial score (nSPS) is 14.8. The average molecular weight is 428 g/mol. The predicted octanol–water partition coefficient (Wildman–Crippen LogP) is 2.74. The number of benzene rings is 1. The highest BCUT2D eigenvalue weighted by atomic mass is 32.1. The Hall–Kier alpha value is -2.79. The van der Waals surface area contributed by atoms with Gasteiger partial charge in [0.05, 0.1) is 13.0 Å². The lowest BCUT2D eigenvalue weighted by Crippen LogP contribution is -2.46. The Balaban J connectivity index is 1.90. The molecule has 3 rings (SSSR count). The van der Waals surface area contributed by atoms with E-state index in [-0.39, 0.29) is 11.3 Å². The number of carbonyl (C=O) groups is 1. The van der Waals surface area contributed by atoms with E-state index in [2.05, 4.69) is 9.98 Å². The van der Waals surface area contributed by atoms with Gasteiger partial charge in [0, 0.05) is 36.6 Å². The zero-order chi connectivity index (χ0) is 21.2. The Morgan fingerprint density at radius 3 is 2.62 bits per heavy atom. The van der Waals surface area contributed by atoms with Gasteiger partial charge in [-0.1, -0.05) is 18.2 Å². The Bertz CT molecular complexity index is 1090. The summed E-state index contributed by atoms with van der Waals surface area (Å²) >= 11 is 1.01. The summed E-state index contributed by atoms with van der Waals surface area (Å²) in [4.78, 5) is 19.6. The number of aliphatic hydroxyl groups is 1. The second kappa shape index (κ2) is 7.91. The van der Waals surface area contributed by atoms with E-state index in [1.54, 1.807) is 17.5 Å². The Morgan fingerprint density at radius 1 is 1.28 bits per heavy atom. The summed E-state index contributed by atoms with van der Waals surface area (Å²) in [5, 5.41) is 11.9. The molecule has 1 amide bonds. The molecule has 0 radical (unpaired) electrons. The molecule has 0 aliphatic heterocycles. The summed E-state index contributed by atoms with van der Waals surface area (Å²) < 4.78 is 56.9. The molecule has 6 nitrogen and oxygen atoms in total. The molecule has 2 heterocycles. The van der Waals surface area contributed by atoms with Crippen LogP contribution in [-0.2, 0) is 24.0 Å². The first-order valence-electron chi connectivity index (χ1n) is 8.33. The maximum Gasteiger partial charge on any atom is 0.425 e. The quantitative estimate of drug-likeness (QED) is 0.636. The number of hydrogen-bond acceptors (Lipinski definition) is 4. The lowest BCUT2D eigenvalue weighted by atomic mass is 9.97. The first-order valence-corrected chi connectivity index (χ1v) is 9.21. The number of aromatic nitrogens is 3. The molecule has 0 spiro atoms. The number of imidazole rings is 1. The molecule has 11 heteroatoms. The van der Waals surface area contributed by atoms with Crippen molar-refractivity contribution in [1.29, 1.82) is 0 Å². The molecule has 3 aromatic rings. The van der Waals surface area contributed by atoms with E-state index in [0.717, 1.165) is 22.1 Å². The molecule has 1 N–H and O–H groups in total. The fraction of sp³-hybridized carbons (Fsp3) is 0.278. The van der Waals surface area contributed by atoms with Crippen LogP contribution in [0.2, 0.25) is 0 Å². The van der Waals surface area contributed by atoms with Crippen molar-refractivity contribution in [3.63, 3.8) is 0 Å². The summed E-state index contributed by atoms with van der Waals surface area (Å²) in [7, 11) is 1.28. The van der Waals surface area contributed by atoms with Crippen molar-refractivity contribution in [2.75, 3.05) is 0 Å². The van der Waals surface area contributed by atoms with Gasteiger partial charge in [0.1, 0.15) is 5.82 Å². The van der Waals surface area contributed by atoms with Gasteiger partial charge in [-0.05, 0) is 6.07 Å². The first-order chi connectivity index (χ1) is 13.6. The third-order valence-electron chi connectivity index (χ3n) is 4.25. The van der Waals surface area contributed by atoms with E-state index >= 15 is 0 Å². The highest BCUT2D eigenvalue weighted by Crippen LogP contribution is 2.40. The third-order valence-corrected chi connectivity index (χ3v) is 5.04. The third kappa shape index (κ3) is 4.30. The Kier molecular flexibility index (Phi) is 5.71. The molecule has 154 valence electrons. The molecule has 1 unspecified atom stereocenters. The molecule has 0 bridgehead atoms. The highest BCUT2D eigenvalue weighted by molar-refractivity contribution is 7.07. The molecule has 0 saturated heterocycles. The van der Waals surface area contributed by atoms with Crippen LogP contribution < -0.4 is 4.80 Å². The molecular formula is C18H16F4N4O2S. The summed E-state index contributed by atoms with van der Waals surface area (Å²) in [5.74, 6) is -2.35. The van der Waals surface area contributed by atoms with Crippen LogP contribution in [0.5, 0.6) is 0 Å². The number of nitrogens with zero attached hydrogens (tertiary/aromatic N) is 4. The van der Waals surface area contributed by atoms with Crippen LogP contribution in [-0.4, -0.2) is 31.3 Å². The van der Waals surface area contributed by atoms with Crippen LogP contribution in [0.15, 0.2) is 53.2 Å². The summed E-state index contributed by atoms with van der Waals surface area (Å²) in [6.07, 6.45) is -2.61. The second-order valence-electron chi connectivity index (χ2n) is 6.31. The van der Waals surface area contributed by atoms with Gasteiger partial charge < -0.3 is 14.2 Å². The molecule has 2 aromatic heterocycles. The van der Waals surface area contributed by atoms with E-state index in [1.165, 1.54) is 36.1 Å². The van der Waals surface area contributed by atoms with Gasteiger partial charge in [-0.3, -0.25) is 4.79 Å². The van der Waals surface area contributed by atoms with Gasteiger partial charge in [-0.2, -0.15) is 18.2 Å². The standard InChI is InChI=1S/C18H16F4N4O2S/c1-25-7-6-23-15(25)17(28,18(20,21)22)10-14(27)24-16-26(8-9-29-16)11-12-4-2-3-5-13(12)19/h2-9,28H,10-11H2,1H3. The topological polar surface area (TPSA) is 72.4 Å². The molecule has 1 atom stereocenters. The van der Waals surface area contributed by atoms with Gasteiger partial charge in [-0.25, -0.2) is 9.37 Å².